The van der Waals surface area contributed by atoms with E-state index in [-0.39, 0.29) is 11.8 Å². The Morgan fingerprint density at radius 1 is 0.842 bits per heavy atom. The molecule has 1 aromatic carbocycles. The predicted molar refractivity (Wildman–Crippen MR) is 65.5 cm³/mol. The van der Waals surface area contributed by atoms with Crippen LogP contribution in [0.4, 0.5) is 0 Å². The van der Waals surface area contributed by atoms with Crippen molar-refractivity contribution in [2.45, 2.75) is 31.5 Å². The Morgan fingerprint density at radius 2 is 1.26 bits per heavy atom. The number of fused-ring (bicyclic) bond motifs is 5. The molecule has 2 atom stereocenters. The van der Waals surface area contributed by atoms with Gasteiger partial charge in [-0.1, -0.05) is 12.8 Å². The van der Waals surface area contributed by atoms with Gasteiger partial charge in [0.1, 0.15) is 0 Å². The van der Waals surface area contributed by atoms with E-state index < -0.39 is 17.7 Å². The lowest BCUT2D eigenvalue weighted by Gasteiger charge is -2.18. The van der Waals surface area contributed by atoms with E-state index in [4.69, 9.17) is 9.47 Å². The van der Waals surface area contributed by atoms with Gasteiger partial charge < -0.3 is 9.47 Å². The minimum Gasteiger partial charge on any atom is -0.418 e. The van der Waals surface area contributed by atoms with Crippen molar-refractivity contribution in [2.24, 2.45) is 11.8 Å². The fourth-order valence-electron chi connectivity index (χ4n) is 3.49. The van der Waals surface area contributed by atoms with E-state index in [1.54, 1.807) is 24.3 Å². The molecule has 19 heavy (non-hydrogen) atoms. The quantitative estimate of drug-likeness (QED) is 0.671. The molecular weight excluding hydrogens is 244 g/mol. The third kappa shape index (κ3) is 1.46. The zero-order chi connectivity index (χ0) is 13.0. The maximum absolute atomic E-state index is 12.1. The molecule has 2 unspecified atom stereocenters. The molecule has 2 saturated carbocycles. The Morgan fingerprint density at radius 3 is 1.68 bits per heavy atom. The first-order valence-corrected chi connectivity index (χ1v) is 6.77. The van der Waals surface area contributed by atoms with E-state index in [2.05, 4.69) is 0 Å². The van der Waals surface area contributed by atoms with Gasteiger partial charge in [-0.25, -0.2) is 9.59 Å². The smallest absolute Gasteiger partial charge is 0.341 e. The monoisotopic (exact) mass is 258 g/mol. The third-order valence-corrected chi connectivity index (χ3v) is 4.55. The van der Waals surface area contributed by atoms with E-state index in [1.165, 1.54) is 0 Å². The Balaban J connectivity index is 1.75. The van der Waals surface area contributed by atoms with Gasteiger partial charge in [0.05, 0.1) is 11.1 Å². The van der Waals surface area contributed by atoms with Crippen LogP contribution in [0.2, 0.25) is 0 Å². The van der Waals surface area contributed by atoms with Gasteiger partial charge in [0.25, 0.3) is 5.79 Å². The molecule has 2 aliphatic carbocycles. The lowest BCUT2D eigenvalue weighted by molar-refractivity contribution is -0.116. The van der Waals surface area contributed by atoms with Gasteiger partial charge in [0, 0.05) is 11.8 Å². The highest BCUT2D eigenvalue weighted by Gasteiger charge is 2.72. The van der Waals surface area contributed by atoms with Crippen LogP contribution in [0, 0.1) is 11.8 Å². The fourth-order valence-corrected chi connectivity index (χ4v) is 3.49. The normalized spacial score (nSPS) is 30.7. The highest BCUT2D eigenvalue weighted by Crippen LogP contribution is 2.62. The van der Waals surface area contributed by atoms with Crippen molar-refractivity contribution in [1.82, 2.24) is 0 Å². The summed E-state index contributed by atoms with van der Waals surface area (Å²) in [5.74, 6) is -1.40. The van der Waals surface area contributed by atoms with Crippen LogP contribution in [0.5, 0.6) is 0 Å². The number of carbonyl (C=O) groups is 2. The summed E-state index contributed by atoms with van der Waals surface area (Å²) in [6.45, 7) is 0. The van der Waals surface area contributed by atoms with Crippen molar-refractivity contribution < 1.29 is 19.1 Å². The zero-order valence-corrected chi connectivity index (χ0v) is 10.4. The van der Waals surface area contributed by atoms with Crippen molar-refractivity contribution in [2.75, 3.05) is 0 Å². The number of carbonyl (C=O) groups excluding carboxylic acids is 2. The van der Waals surface area contributed by atoms with Crippen LogP contribution >= 0.6 is 0 Å². The Kier molecular flexibility index (Phi) is 2.08. The summed E-state index contributed by atoms with van der Waals surface area (Å²) in [6.07, 6.45) is 4.16. The summed E-state index contributed by atoms with van der Waals surface area (Å²) in [4.78, 5) is 24.2. The first kappa shape index (κ1) is 11.0. The van der Waals surface area contributed by atoms with Crippen molar-refractivity contribution >= 4 is 11.9 Å². The fraction of sp³-hybridized carbons (Fsp3) is 0.467. The predicted octanol–water partition coefficient (Wildman–Crippen LogP) is 2.53. The van der Waals surface area contributed by atoms with Crippen molar-refractivity contribution in [3.8, 4) is 0 Å². The van der Waals surface area contributed by atoms with Crippen LogP contribution in [-0.4, -0.2) is 17.7 Å². The van der Waals surface area contributed by atoms with Crippen molar-refractivity contribution in [1.29, 1.82) is 0 Å². The van der Waals surface area contributed by atoms with Crippen LogP contribution in [0.25, 0.3) is 0 Å². The first-order valence-electron chi connectivity index (χ1n) is 6.77. The van der Waals surface area contributed by atoms with Gasteiger partial charge in [-0.05, 0) is 37.1 Å². The summed E-state index contributed by atoms with van der Waals surface area (Å²) in [5.41, 5.74) is 0.954. The standard InChI is InChI=1S/C15H14O4/c16-13-9-5-6-10(8-7-9)14(17)19-15(18-13)11-3-1-2-4-12(11)15/h5-8,11-12H,1-4H2. The van der Waals surface area contributed by atoms with Crippen molar-refractivity contribution in [3.63, 3.8) is 0 Å². The average molecular weight is 258 g/mol. The Labute approximate surface area is 110 Å². The van der Waals surface area contributed by atoms with E-state index in [0.29, 0.717) is 11.1 Å². The lowest BCUT2D eigenvalue weighted by atomic mass is 10.0. The molecular formula is C15H14O4. The molecule has 0 radical (unpaired) electrons. The summed E-state index contributed by atoms with van der Waals surface area (Å²) < 4.78 is 11.2. The molecule has 2 fully saturated rings. The van der Waals surface area contributed by atoms with Crippen LogP contribution in [0.15, 0.2) is 24.3 Å². The van der Waals surface area contributed by atoms with Gasteiger partial charge in [-0.2, -0.15) is 0 Å². The zero-order valence-electron chi connectivity index (χ0n) is 10.4. The minimum atomic E-state index is -0.987. The number of hydrogen-bond acceptors (Lipinski definition) is 4. The second-order valence-electron chi connectivity index (χ2n) is 5.58. The molecule has 1 spiro atoms. The summed E-state index contributed by atoms with van der Waals surface area (Å²) in [6, 6.07) is 6.46. The minimum absolute atomic E-state index is 0.188. The van der Waals surface area contributed by atoms with E-state index in [0.717, 1.165) is 25.7 Å². The number of benzene rings is 1. The topological polar surface area (TPSA) is 52.6 Å². The van der Waals surface area contributed by atoms with Crippen molar-refractivity contribution in [3.05, 3.63) is 35.4 Å². The number of hydrogen-bond donors (Lipinski definition) is 0. The van der Waals surface area contributed by atoms with Gasteiger partial charge in [-0.15, -0.1) is 0 Å². The molecule has 1 aromatic rings. The summed E-state index contributed by atoms with van der Waals surface area (Å²) in [5, 5.41) is 0. The first-order chi connectivity index (χ1) is 9.21. The molecule has 2 aliphatic heterocycles. The van der Waals surface area contributed by atoms with Crippen LogP contribution in [-0.2, 0) is 9.47 Å². The molecule has 0 N–H and O–H groups in total. The molecule has 5 rings (SSSR count). The van der Waals surface area contributed by atoms with Gasteiger partial charge in [0.15, 0.2) is 0 Å². The van der Waals surface area contributed by atoms with E-state index >= 15 is 0 Å². The largest absolute Gasteiger partial charge is 0.418 e. The maximum Gasteiger partial charge on any atom is 0.341 e. The van der Waals surface area contributed by atoms with Crippen LogP contribution in [0.3, 0.4) is 0 Å². The molecule has 0 saturated heterocycles. The number of rotatable bonds is 0. The van der Waals surface area contributed by atoms with Gasteiger partial charge in [0.2, 0.25) is 0 Å². The average Bonchev–Trinajstić information content (AvgIpc) is 3.03. The van der Waals surface area contributed by atoms with E-state index in [1.807, 2.05) is 0 Å². The summed E-state index contributed by atoms with van der Waals surface area (Å²) >= 11 is 0. The highest BCUT2D eigenvalue weighted by molar-refractivity contribution is 5.95. The molecule has 2 bridgehead atoms. The van der Waals surface area contributed by atoms with Crippen LogP contribution in [0.1, 0.15) is 46.4 Å². The number of esters is 2. The molecule has 0 aromatic heterocycles. The number of ether oxygens (including phenoxy) is 2. The molecule has 2 heterocycles. The second-order valence-corrected chi connectivity index (χ2v) is 5.58. The molecule has 4 heteroatoms. The SMILES string of the molecule is O=C1OC2(OC(=O)c3ccc1cc3)C1CCCCC12. The Hall–Kier alpha value is -1.84. The Bertz CT molecular complexity index is 509. The third-order valence-electron chi connectivity index (χ3n) is 4.55. The second kappa shape index (κ2) is 3.59. The summed E-state index contributed by atoms with van der Waals surface area (Å²) in [7, 11) is 0. The lowest BCUT2D eigenvalue weighted by Crippen LogP contribution is -2.29. The van der Waals surface area contributed by atoms with Gasteiger partial charge >= 0.3 is 11.9 Å². The molecule has 98 valence electrons. The molecule has 4 nitrogen and oxygen atoms in total. The van der Waals surface area contributed by atoms with E-state index in [9.17, 15) is 9.59 Å². The van der Waals surface area contributed by atoms with Crippen LogP contribution < -0.4 is 0 Å². The maximum atomic E-state index is 12.1. The van der Waals surface area contributed by atoms with Gasteiger partial charge in [-0.3, -0.25) is 0 Å². The highest BCUT2D eigenvalue weighted by atomic mass is 16.7. The molecule has 0 amide bonds. The molecule has 4 aliphatic rings.